The van der Waals surface area contributed by atoms with E-state index in [9.17, 15) is 0 Å². The lowest BCUT2D eigenvalue weighted by Gasteiger charge is -2.11. The molecule has 166 valence electrons. The number of aliphatic imine (C=N–C) groups is 1. The van der Waals surface area contributed by atoms with Gasteiger partial charge < -0.3 is 15.4 Å². The van der Waals surface area contributed by atoms with Crippen LogP contribution in [0.5, 0.6) is 5.75 Å². The van der Waals surface area contributed by atoms with Crippen molar-refractivity contribution < 1.29 is 4.74 Å². The first-order valence-electron chi connectivity index (χ1n) is 10.4. The lowest BCUT2D eigenvalue weighted by Crippen LogP contribution is -2.37. The molecular weight excluding hydrogens is 503 g/mol. The molecule has 8 heteroatoms. The summed E-state index contributed by atoms with van der Waals surface area (Å²) in [5, 5.41) is 13.5. The summed E-state index contributed by atoms with van der Waals surface area (Å²) in [5.41, 5.74) is 3.47. The molecule has 2 aromatic carbocycles. The van der Waals surface area contributed by atoms with Crippen molar-refractivity contribution in [2.24, 2.45) is 4.99 Å². The Labute approximate surface area is 201 Å². The first-order chi connectivity index (χ1) is 14.8. The minimum Gasteiger partial charge on any atom is -0.497 e. The summed E-state index contributed by atoms with van der Waals surface area (Å²) in [4.78, 5) is 8.92. The van der Waals surface area contributed by atoms with Gasteiger partial charge in [0.1, 0.15) is 12.1 Å². The molecule has 0 saturated heterocycles. The Kier molecular flexibility index (Phi) is 10.8. The van der Waals surface area contributed by atoms with E-state index in [4.69, 9.17) is 9.73 Å². The normalized spacial score (nSPS) is 11.0. The second kappa shape index (κ2) is 13.6. The number of nitrogens with one attached hydrogen (secondary N) is 3. The smallest absolute Gasteiger partial charge is 0.191 e. The first-order valence-corrected chi connectivity index (χ1v) is 10.4. The Morgan fingerprint density at radius 1 is 1.06 bits per heavy atom. The van der Waals surface area contributed by atoms with E-state index >= 15 is 0 Å². The molecule has 31 heavy (non-hydrogen) atoms. The van der Waals surface area contributed by atoms with Crippen LogP contribution in [0.1, 0.15) is 30.9 Å². The van der Waals surface area contributed by atoms with Crippen LogP contribution in [0.2, 0.25) is 0 Å². The number of hydrogen-bond donors (Lipinski definition) is 3. The van der Waals surface area contributed by atoms with Crippen molar-refractivity contribution in [2.75, 3.05) is 20.2 Å². The number of guanidine groups is 1. The van der Waals surface area contributed by atoms with Crippen LogP contribution in [-0.4, -0.2) is 41.3 Å². The van der Waals surface area contributed by atoms with E-state index in [1.54, 1.807) is 7.11 Å². The van der Waals surface area contributed by atoms with E-state index in [0.717, 1.165) is 61.0 Å². The van der Waals surface area contributed by atoms with Crippen molar-refractivity contribution in [3.05, 3.63) is 66.0 Å². The highest BCUT2D eigenvalue weighted by Gasteiger charge is 2.03. The van der Waals surface area contributed by atoms with Crippen LogP contribution < -0.4 is 15.4 Å². The number of hydrogen-bond acceptors (Lipinski definition) is 4. The number of aromatic nitrogens is 3. The molecule has 1 aromatic heterocycles. The fourth-order valence-corrected chi connectivity index (χ4v) is 3.13. The molecular formula is C23H31IN6O. The molecule has 0 fully saturated rings. The van der Waals surface area contributed by atoms with E-state index in [0.29, 0.717) is 6.54 Å². The summed E-state index contributed by atoms with van der Waals surface area (Å²) in [5.74, 6) is 2.51. The summed E-state index contributed by atoms with van der Waals surface area (Å²) in [6.45, 7) is 4.39. The Morgan fingerprint density at radius 2 is 1.90 bits per heavy atom. The summed E-state index contributed by atoms with van der Waals surface area (Å²) in [7, 11) is 1.69. The van der Waals surface area contributed by atoms with Crippen LogP contribution in [0, 0.1) is 0 Å². The van der Waals surface area contributed by atoms with Gasteiger partial charge in [0.15, 0.2) is 11.8 Å². The monoisotopic (exact) mass is 534 g/mol. The maximum absolute atomic E-state index is 5.20. The van der Waals surface area contributed by atoms with E-state index < -0.39 is 0 Å². The highest BCUT2D eigenvalue weighted by Crippen LogP contribution is 2.16. The number of benzene rings is 2. The predicted molar refractivity (Wildman–Crippen MR) is 136 cm³/mol. The van der Waals surface area contributed by atoms with E-state index in [1.165, 1.54) is 11.9 Å². The molecule has 0 atom stereocenters. The summed E-state index contributed by atoms with van der Waals surface area (Å²) in [6.07, 6.45) is 4.78. The zero-order valence-corrected chi connectivity index (χ0v) is 20.4. The number of methoxy groups -OCH3 is 1. The number of H-pyrrole nitrogens is 1. The van der Waals surface area contributed by atoms with E-state index in [1.807, 2.05) is 24.3 Å². The van der Waals surface area contributed by atoms with Crippen molar-refractivity contribution in [1.29, 1.82) is 0 Å². The summed E-state index contributed by atoms with van der Waals surface area (Å²) < 4.78 is 5.20. The molecule has 1 heterocycles. The molecule has 0 aliphatic heterocycles. The van der Waals surface area contributed by atoms with Gasteiger partial charge in [0, 0.05) is 18.7 Å². The molecule has 0 aliphatic carbocycles. The largest absolute Gasteiger partial charge is 0.497 e. The topological polar surface area (TPSA) is 87.2 Å². The third-order valence-corrected chi connectivity index (χ3v) is 4.72. The number of halogens is 1. The van der Waals surface area contributed by atoms with Gasteiger partial charge in [-0.25, -0.2) is 9.98 Å². The molecule has 0 unspecified atom stereocenters. The van der Waals surface area contributed by atoms with Crippen LogP contribution in [0.3, 0.4) is 0 Å². The number of nitrogens with zero attached hydrogens (tertiary/aromatic N) is 3. The van der Waals surface area contributed by atoms with Gasteiger partial charge >= 0.3 is 0 Å². The Hall–Kier alpha value is -2.62. The summed E-state index contributed by atoms with van der Waals surface area (Å²) in [6, 6.07) is 16.5. The molecule has 3 N–H and O–H groups in total. The summed E-state index contributed by atoms with van der Waals surface area (Å²) >= 11 is 0. The quantitative estimate of drug-likeness (QED) is 0.157. The number of rotatable bonds is 10. The van der Waals surface area contributed by atoms with Crippen molar-refractivity contribution in [1.82, 2.24) is 25.8 Å². The Balaban J connectivity index is 0.00000341. The molecule has 0 saturated carbocycles. The van der Waals surface area contributed by atoms with Gasteiger partial charge in [-0.15, -0.1) is 24.0 Å². The van der Waals surface area contributed by atoms with Gasteiger partial charge in [0.05, 0.1) is 13.7 Å². The lowest BCUT2D eigenvalue weighted by molar-refractivity contribution is 0.414. The minimum atomic E-state index is 0. The van der Waals surface area contributed by atoms with Crippen LogP contribution in [0.15, 0.2) is 59.9 Å². The molecule has 0 bridgehead atoms. The second-order valence-corrected chi connectivity index (χ2v) is 6.96. The number of ether oxygens (including phenoxy) is 1. The third-order valence-electron chi connectivity index (χ3n) is 4.72. The highest BCUT2D eigenvalue weighted by atomic mass is 127. The predicted octanol–water partition coefficient (Wildman–Crippen LogP) is 4.18. The van der Waals surface area contributed by atoms with Gasteiger partial charge in [-0.05, 0) is 55.5 Å². The van der Waals surface area contributed by atoms with Crippen molar-refractivity contribution >= 4 is 29.9 Å². The van der Waals surface area contributed by atoms with Crippen molar-refractivity contribution in [3.63, 3.8) is 0 Å². The molecule has 0 spiro atoms. The van der Waals surface area contributed by atoms with Crippen LogP contribution >= 0.6 is 24.0 Å². The van der Waals surface area contributed by atoms with E-state index in [2.05, 4.69) is 57.0 Å². The Morgan fingerprint density at radius 3 is 2.61 bits per heavy atom. The van der Waals surface area contributed by atoms with Crippen LogP contribution in [0.4, 0.5) is 0 Å². The number of aryl methyl sites for hydroxylation is 1. The minimum absolute atomic E-state index is 0. The maximum atomic E-state index is 5.20. The van der Waals surface area contributed by atoms with Gasteiger partial charge in [0.25, 0.3) is 0 Å². The number of unbranched alkanes of at least 4 members (excludes halogenated alkanes) is 1. The Bertz CT molecular complexity index is 912. The van der Waals surface area contributed by atoms with Gasteiger partial charge in [-0.2, -0.15) is 5.10 Å². The zero-order chi connectivity index (χ0) is 21.0. The SMILES string of the molecule is CCNC(=NCc1cccc(-c2ncn[nH]2)c1)NCCCCc1ccc(OC)cc1.I. The van der Waals surface area contributed by atoms with E-state index in [-0.39, 0.29) is 24.0 Å². The molecule has 3 aromatic rings. The second-order valence-electron chi connectivity index (χ2n) is 6.96. The number of aromatic amines is 1. The molecule has 3 rings (SSSR count). The fraction of sp³-hybridized carbons (Fsp3) is 0.348. The molecule has 7 nitrogen and oxygen atoms in total. The van der Waals surface area contributed by atoms with Crippen molar-refractivity contribution in [2.45, 2.75) is 32.7 Å². The zero-order valence-electron chi connectivity index (χ0n) is 18.1. The first kappa shape index (κ1) is 24.6. The highest BCUT2D eigenvalue weighted by molar-refractivity contribution is 14.0. The molecule has 0 aliphatic rings. The lowest BCUT2D eigenvalue weighted by atomic mass is 10.1. The van der Waals surface area contributed by atoms with Gasteiger partial charge in [-0.1, -0.05) is 30.3 Å². The average molecular weight is 534 g/mol. The van der Waals surface area contributed by atoms with Gasteiger partial charge in [0.2, 0.25) is 0 Å². The molecule has 0 amide bonds. The van der Waals surface area contributed by atoms with Crippen molar-refractivity contribution in [3.8, 4) is 17.1 Å². The van der Waals surface area contributed by atoms with Crippen LogP contribution in [-0.2, 0) is 13.0 Å². The standard InChI is InChI=1S/C23H30N6O.HI/c1-3-24-23(25-14-5-4-7-18-10-12-21(30-2)13-11-18)26-16-19-8-6-9-20(15-19)22-27-17-28-29-22;/h6,8-13,15,17H,3-5,7,14,16H2,1-2H3,(H2,24,25,26)(H,27,28,29);1H. The average Bonchev–Trinajstić information content (AvgIpc) is 3.33. The maximum Gasteiger partial charge on any atom is 0.191 e. The molecule has 0 radical (unpaired) electrons. The fourth-order valence-electron chi connectivity index (χ4n) is 3.13. The van der Waals surface area contributed by atoms with Crippen LogP contribution in [0.25, 0.3) is 11.4 Å². The third kappa shape index (κ3) is 8.20. The van der Waals surface area contributed by atoms with Gasteiger partial charge in [-0.3, -0.25) is 5.10 Å².